The Balaban J connectivity index is 1.52. The molecule has 2 aromatic carbocycles. The van der Waals surface area contributed by atoms with Gasteiger partial charge in [-0.3, -0.25) is 9.69 Å². The smallest absolute Gasteiger partial charge is 0.257 e. The first-order valence-corrected chi connectivity index (χ1v) is 10.3. The molecule has 0 unspecified atom stereocenters. The minimum atomic E-state index is -0.121. The van der Waals surface area contributed by atoms with Crippen LogP contribution in [0.4, 0.5) is 10.8 Å². The number of carbonyl (C=O) groups excluding carboxylic acids is 1. The van der Waals surface area contributed by atoms with Gasteiger partial charge >= 0.3 is 0 Å². The van der Waals surface area contributed by atoms with Gasteiger partial charge in [-0.2, -0.15) is 0 Å². The minimum Gasteiger partial charge on any atom is -0.431 e. The van der Waals surface area contributed by atoms with E-state index in [1.54, 1.807) is 17.0 Å². The summed E-state index contributed by atoms with van der Waals surface area (Å²) in [7, 11) is 0. The standard InChI is InChI=1S/C19H14ClN3O2S2/c1-12(24)23(15-6-4-5-13(20)9-15)18-21-14(10-26-18)11-27-19-22-16-7-2-3-8-17(16)25-19/h2-10H,11H2,1H3. The summed E-state index contributed by atoms with van der Waals surface area (Å²) in [6.07, 6.45) is 0. The lowest BCUT2D eigenvalue weighted by molar-refractivity contribution is -0.115. The molecule has 0 fully saturated rings. The number of amides is 1. The lowest BCUT2D eigenvalue weighted by Gasteiger charge is -2.18. The normalized spacial score (nSPS) is 11.0. The zero-order valence-electron chi connectivity index (χ0n) is 14.3. The number of benzene rings is 2. The number of carbonyl (C=O) groups is 1. The first kappa shape index (κ1) is 18.0. The van der Waals surface area contributed by atoms with Crippen LogP contribution in [0.5, 0.6) is 0 Å². The van der Waals surface area contributed by atoms with Crippen LogP contribution >= 0.6 is 34.7 Å². The van der Waals surface area contributed by atoms with Gasteiger partial charge in [0.05, 0.1) is 11.4 Å². The average Bonchev–Trinajstić information content (AvgIpc) is 3.26. The molecule has 0 saturated carbocycles. The molecule has 27 heavy (non-hydrogen) atoms. The molecule has 0 aliphatic rings. The number of aromatic nitrogens is 2. The second-order valence-electron chi connectivity index (χ2n) is 5.69. The van der Waals surface area contributed by atoms with Gasteiger partial charge < -0.3 is 4.42 Å². The van der Waals surface area contributed by atoms with Crippen molar-refractivity contribution < 1.29 is 9.21 Å². The van der Waals surface area contributed by atoms with Gasteiger partial charge in [-0.25, -0.2) is 9.97 Å². The van der Waals surface area contributed by atoms with E-state index in [2.05, 4.69) is 9.97 Å². The number of para-hydroxylation sites is 2. The zero-order chi connectivity index (χ0) is 18.8. The van der Waals surface area contributed by atoms with Crippen LogP contribution in [-0.4, -0.2) is 15.9 Å². The summed E-state index contributed by atoms with van der Waals surface area (Å²) in [4.78, 5) is 22.8. The Bertz CT molecular complexity index is 1080. The van der Waals surface area contributed by atoms with Crippen molar-refractivity contribution in [3.05, 3.63) is 64.6 Å². The minimum absolute atomic E-state index is 0.121. The Kier molecular flexibility index (Phi) is 5.15. The topological polar surface area (TPSA) is 59.2 Å². The van der Waals surface area contributed by atoms with Crippen LogP contribution in [0.1, 0.15) is 12.6 Å². The average molecular weight is 416 g/mol. The van der Waals surface area contributed by atoms with Gasteiger partial charge in [-0.1, -0.05) is 41.6 Å². The predicted molar refractivity (Wildman–Crippen MR) is 110 cm³/mol. The largest absolute Gasteiger partial charge is 0.431 e. The fourth-order valence-corrected chi connectivity index (χ4v) is 4.46. The second kappa shape index (κ2) is 7.72. The zero-order valence-corrected chi connectivity index (χ0v) is 16.6. The highest BCUT2D eigenvalue weighted by Gasteiger charge is 2.18. The summed E-state index contributed by atoms with van der Waals surface area (Å²) in [5.74, 6) is 0.481. The summed E-state index contributed by atoms with van der Waals surface area (Å²) in [6.45, 7) is 1.51. The van der Waals surface area contributed by atoms with Crippen LogP contribution in [-0.2, 0) is 10.5 Å². The van der Waals surface area contributed by atoms with Gasteiger partial charge in [0.2, 0.25) is 5.91 Å². The molecule has 0 spiro atoms. The Morgan fingerprint density at radius 3 is 2.85 bits per heavy atom. The number of hydrogen-bond acceptors (Lipinski definition) is 6. The van der Waals surface area contributed by atoms with Gasteiger partial charge in [0.1, 0.15) is 5.52 Å². The summed E-state index contributed by atoms with van der Waals surface area (Å²) < 4.78 is 5.71. The van der Waals surface area contributed by atoms with Crippen molar-refractivity contribution in [1.82, 2.24) is 9.97 Å². The van der Waals surface area contributed by atoms with Crippen LogP contribution in [0, 0.1) is 0 Å². The molecule has 136 valence electrons. The number of anilines is 2. The maximum absolute atomic E-state index is 12.2. The number of fused-ring (bicyclic) bond motifs is 1. The van der Waals surface area contributed by atoms with E-state index in [9.17, 15) is 4.79 Å². The van der Waals surface area contributed by atoms with Crippen LogP contribution < -0.4 is 4.90 Å². The Morgan fingerprint density at radius 1 is 1.22 bits per heavy atom. The van der Waals surface area contributed by atoms with E-state index in [1.807, 2.05) is 41.8 Å². The Hall–Kier alpha value is -2.35. The third kappa shape index (κ3) is 4.00. The van der Waals surface area contributed by atoms with Crippen molar-refractivity contribution in [2.75, 3.05) is 4.90 Å². The van der Waals surface area contributed by atoms with E-state index in [4.69, 9.17) is 16.0 Å². The van der Waals surface area contributed by atoms with Gasteiger partial charge in [0.25, 0.3) is 5.22 Å². The number of nitrogens with zero attached hydrogens (tertiary/aromatic N) is 3. The number of oxazole rings is 1. The number of halogens is 1. The Labute approximate surface area is 169 Å². The van der Waals surface area contributed by atoms with Gasteiger partial charge in [0.15, 0.2) is 10.7 Å². The third-order valence-corrected chi connectivity index (χ3v) is 5.70. The molecule has 2 heterocycles. The van der Waals surface area contributed by atoms with Crippen molar-refractivity contribution in [2.45, 2.75) is 17.9 Å². The maximum Gasteiger partial charge on any atom is 0.257 e. The van der Waals surface area contributed by atoms with Gasteiger partial charge in [0, 0.05) is 23.1 Å². The van der Waals surface area contributed by atoms with Crippen LogP contribution in [0.2, 0.25) is 5.02 Å². The van der Waals surface area contributed by atoms with Crippen molar-refractivity contribution >= 4 is 62.5 Å². The number of rotatable bonds is 5. The molecule has 1 amide bonds. The molecule has 0 aliphatic carbocycles. The van der Waals surface area contributed by atoms with E-state index >= 15 is 0 Å². The monoisotopic (exact) mass is 415 g/mol. The molecule has 0 saturated heterocycles. The molecule has 0 bridgehead atoms. The van der Waals surface area contributed by atoms with E-state index < -0.39 is 0 Å². The molecule has 0 radical (unpaired) electrons. The summed E-state index contributed by atoms with van der Waals surface area (Å²) in [6, 6.07) is 14.8. The van der Waals surface area contributed by atoms with Crippen molar-refractivity contribution in [3.63, 3.8) is 0 Å². The van der Waals surface area contributed by atoms with Crippen molar-refractivity contribution in [1.29, 1.82) is 0 Å². The molecular weight excluding hydrogens is 402 g/mol. The summed E-state index contributed by atoms with van der Waals surface area (Å²) in [5.41, 5.74) is 3.16. The fourth-order valence-electron chi connectivity index (χ4n) is 2.56. The summed E-state index contributed by atoms with van der Waals surface area (Å²) >= 11 is 8.95. The second-order valence-corrected chi connectivity index (χ2v) is 7.89. The first-order valence-electron chi connectivity index (χ1n) is 8.09. The predicted octanol–water partition coefficient (Wildman–Crippen LogP) is 5.91. The molecule has 4 aromatic rings. The van der Waals surface area contributed by atoms with Gasteiger partial charge in [-0.05, 0) is 30.3 Å². The molecule has 0 aliphatic heterocycles. The molecule has 5 nitrogen and oxygen atoms in total. The molecule has 4 rings (SSSR count). The Morgan fingerprint density at radius 2 is 2.07 bits per heavy atom. The fraction of sp³-hybridized carbons (Fsp3) is 0.105. The highest BCUT2D eigenvalue weighted by molar-refractivity contribution is 7.98. The lowest BCUT2D eigenvalue weighted by Crippen LogP contribution is -2.22. The van der Waals surface area contributed by atoms with Gasteiger partial charge in [-0.15, -0.1) is 11.3 Å². The number of hydrogen-bond donors (Lipinski definition) is 0. The van der Waals surface area contributed by atoms with E-state index in [0.717, 1.165) is 16.8 Å². The summed E-state index contributed by atoms with van der Waals surface area (Å²) in [5, 5.41) is 3.72. The van der Waals surface area contributed by atoms with Crippen molar-refractivity contribution in [2.24, 2.45) is 0 Å². The molecule has 0 N–H and O–H groups in total. The molecule has 0 atom stereocenters. The molecular formula is C19H14ClN3O2S2. The third-order valence-electron chi connectivity index (χ3n) is 3.73. The van der Waals surface area contributed by atoms with Crippen LogP contribution in [0.15, 0.2) is 63.6 Å². The lowest BCUT2D eigenvalue weighted by atomic mass is 10.3. The quantitative estimate of drug-likeness (QED) is 0.379. The SMILES string of the molecule is CC(=O)N(c1cccc(Cl)c1)c1nc(CSc2nc3ccccc3o2)cs1. The molecule has 8 heteroatoms. The number of thiazole rings is 1. The maximum atomic E-state index is 12.2. The van der Waals surface area contributed by atoms with Crippen LogP contribution in [0.25, 0.3) is 11.1 Å². The first-order chi connectivity index (χ1) is 13.1. The highest BCUT2D eigenvalue weighted by atomic mass is 35.5. The molecule has 2 aromatic heterocycles. The van der Waals surface area contributed by atoms with E-state index in [0.29, 0.717) is 26.8 Å². The van der Waals surface area contributed by atoms with E-state index in [-0.39, 0.29) is 5.91 Å². The van der Waals surface area contributed by atoms with Crippen molar-refractivity contribution in [3.8, 4) is 0 Å². The number of thioether (sulfide) groups is 1. The van der Waals surface area contributed by atoms with Crippen LogP contribution in [0.3, 0.4) is 0 Å². The van der Waals surface area contributed by atoms with E-state index in [1.165, 1.54) is 30.0 Å². The highest BCUT2D eigenvalue weighted by Crippen LogP contribution is 2.32.